The fourth-order valence-corrected chi connectivity index (χ4v) is 4.71. The molecule has 2 fully saturated rings. The van der Waals surface area contributed by atoms with Gasteiger partial charge in [-0.15, -0.1) is 0 Å². The number of anilines is 2. The fourth-order valence-electron chi connectivity index (χ4n) is 4.71. The number of rotatable bonds is 6. The molecule has 2 saturated heterocycles. The number of halogens is 2. The molecule has 4 rings (SSSR count). The van der Waals surface area contributed by atoms with Gasteiger partial charge >= 0.3 is 6.61 Å². The van der Waals surface area contributed by atoms with Crippen molar-refractivity contribution in [2.75, 3.05) is 29.9 Å². The number of benzene rings is 2. The van der Waals surface area contributed by atoms with Crippen LogP contribution in [0.3, 0.4) is 0 Å². The lowest BCUT2D eigenvalue weighted by Crippen LogP contribution is -2.39. The van der Waals surface area contributed by atoms with Crippen LogP contribution in [0.4, 0.5) is 20.2 Å². The number of likely N-dealkylation sites (tertiary alicyclic amines) is 1. The summed E-state index contributed by atoms with van der Waals surface area (Å²) in [4.78, 5) is 17.6. The minimum Gasteiger partial charge on any atom is -0.435 e. The summed E-state index contributed by atoms with van der Waals surface area (Å²) in [5, 5.41) is 2.91. The van der Waals surface area contributed by atoms with Gasteiger partial charge in [-0.3, -0.25) is 9.69 Å². The zero-order chi connectivity index (χ0) is 22.0. The van der Waals surface area contributed by atoms with Gasteiger partial charge < -0.3 is 15.0 Å². The molecule has 7 heteroatoms. The van der Waals surface area contributed by atoms with Gasteiger partial charge in [0.05, 0.1) is 0 Å². The van der Waals surface area contributed by atoms with E-state index in [1.807, 2.05) is 13.0 Å². The molecule has 2 aromatic carbocycles. The summed E-state index contributed by atoms with van der Waals surface area (Å²) in [5.41, 5.74) is 3.29. The van der Waals surface area contributed by atoms with Crippen molar-refractivity contribution in [1.29, 1.82) is 0 Å². The van der Waals surface area contributed by atoms with E-state index < -0.39 is 6.61 Å². The van der Waals surface area contributed by atoms with E-state index in [4.69, 9.17) is 0 Å². The van der Waals surface area contributed by atoms with E-state index in [9.17, 15) is 13.6 Å². The van der Waals surface area contributed by atoms with Gasteiger partial charge in [0.1, 0.15) is 5.75 Å². The Morgan fingerprint density at radius 1 is 1.13 bits per heavy atom. The van der Waals surface area contributed by atoms with Crippen molar-refractivity contribution in [2.45, 2.75) is 51.8 Å². The molecule has 5 nitrogen and oxygen atoms in total. The largest absolute Gasteiger partial charge is 0.435 e. The molecule has 2 unspecified atom stereocenters. The van der Waals surface area contributed by atoms with Crippen LogP contribution in [-0.4, -0.2) is 49.1 Å². The lowest BCUT2D eigenvalue weighted by molar-refractivity contribution is -0.0498. The van der Waals surface area contributed by atoms with Crippen molar-refractivity contribution >= 4 is 17.3 Å². The summed E-state index contributed by atoms with van der Waals surface area (Å²) in [7, 11) is 0. The van der Waals surface area contributed by atoms with Crippen molar-refractivity contribution in [1.82, 2.24) is 4.90 Å². The Morgan fingerprint density at radius 3 is 2.55 bits per heavy atom. The molecule has 0 aromatic heterocycles. The standard InChI is InChI=1S/C24H29F2N3O2/c1-16-14-19(28-13-11-20(15-28)29-12-3-4-17(29)2)7-10-22(16)27-23(30)18-5-8-21(9-6-18)31-24(25)26/h5-10,14,17,20,24H,3-4,11-13,15H2,1-2H3,(H,27,30). The quantitative estimate of drug-likeness (QED) is 0.709. The van der Waals surface area contributed by atoms with Crippen LogP contribution in [0.5, 0.6) is 5.75 Å². The van der Waals surface area contributed by atoms with Crippen LogP contribution in [0.15, 0.2) is 42.5 Å². The summed E-state index contributed by atoms with van der Waals surface area (Å²) < 4.78 is 28.9. The molecule has 0 radical (unpaired) electrons. The van der Waals surface area contributed by atoms with Gasteiger partial charge in [-0.2, -0.15) is 8.78 Å². The molecule has 1 N–H and O–H groups in total. The first-order valence-electron chi connectivity index (χ1n) is 10.9. The third-order valence-corrected chi connectivity index (χ3v) is 6.40. The molecule has 0 aliphatic carbocycles. The van der Waals surface area contributed by atoms with Crippen LogP contribution in [0.1, 0.15) is 42.1 Å². The molecule has 2 aromatic rings. The molecule has 166 valence electrons. The highest BCUT2D eigenvalue weighted by Gasteiger charge is 2.33. The number of carbonyl (C=O) groups excluding carboxylic acids is 1. The zero-order valence-corrected chi connectivity index (χ0v) is 18.0. The number of hydrogen-bond donors (Lipinski definition) is 1. The molecule has 2 heterocycles. The number of amides is 1. The number of aryl methyl sites for hydroxylation is 1. The van der Waals surface area contributed by atoms with Gasteiger partial charge in [0.15, 0.2) is 0 Å². The molecule has 0 spiro atoms. The van der Waals surface area contributed by atoms with Gasteiger partial charge in [0.25, 0.3) is 5.91 Å². The minimum absolute atomic E-state index is 0.0272. The van der Waals surface area contributed by atoms with E-state index in [1.54, 1.807) is 0 Å². The Hall–Kier alpha value is -2.67. The Bertz CT molecular complexity index is 920. The van der Waals surface area contributed by atoms with Crippen molar-refractivity contribution < 1.29 is 18.3 Å². The molecule has 2 aliphatic heterocycles. The number of nitrogens with zero attached hydrogens (tertiary/aromatic N) is 2. The molecule has 2 atom stereocenters. The maximum atomic E-state index is 12.5. The summed E-state index contributed by atoms with van der Waals surface area (Å²) in [6.07, 6.45) is 3.78. The van der Waals surface area contributed by atoms with E-state index in [2.05, 4.69) is 38.9 Å². The van der Waals surface area contributed by atoms with E-state index in [1.165, 1.54) is 55.8 Å². The van der Waals surface area contributed by atoms with Gasteiger partial charge in [-0.05, 0) is 87.7 Å². The first-order valence-corrected chi connectivity index (χ1v) is 10.9. The van der Waals surface area contributed by atoms with Gasteiger partial charge in [-0.25, -0.2) is 0 Å². The molecule has 0 bridgehead atoms. The summed E-state index contributed by atoms with van der Waals surface area (Å²) in [6.45, 7) is 4.73. The Labute approximate surface area is 182 Å². The smallest absolute Gasteiger partial charge is 0.387 e. The predicted octanol–water partition coefficient (Wildman–Crippen LogP) is 4.91. The topological polar surface area (TPSA) is 44.8 Å². The van der Waals surface area contributed by atoms with Crippen LogP contribution < -0.4 is 15.0 Å². The molecule has 2 aliphatic rings. The second-order valence-corrected chi connectivity index (χ2v) is 8.47. The van der Waals surface area contributed by atoms with Gasteiger partial charge in [-0.1, -0.05) is 0 Å². The summed E-state index contributed by atoms with van der Waals surface area (Å²) in [6, 6.07) is 13.1. The van der Waals surface area contributed by atoms with Crippen molar-refractivity contribution in [3.05, 3.63) is 53.6 Å². The average molecular weight is 430 g/mol. The van der Waals surface area contributed by atoms with Crippen LogP contribution >= 0.6 is 0 Å². The lowest BCUT2D eigenvalue weighted by Gasteiger charge is -2.28. The van der Waals surface area contributed by atoms with Crippen molar-refractivity contribution in [2.24, 2.45) is 0 Å². The third-order valence-electron chi connectivity index (χ3n) is 6.40. The van der Waals surface area contributed by atoms with Crippen molar-refractivity contribution in [3.8, 4) is 5.75 Å². The number of alkyl halides is 2. The minimum atomic E-state index is -2.88. The van der Waals surface area contributed by atoms with Crippen LogP contribution in [0.25, 0.3) is 0 Å². The third kappa shape index (κ3) is 4.98. The van der Waals surface area contributed by atoms with Crippen LogP contribution in [0.2, 0.25) is 0 Å². The van der Waals surface area contributed by atoms with Crippen LogP contribution in [0, 0.1) is 6.92 Å². The first-order chi connectivity index (χ1) is 14.9. The SMILES string of the molecule is Cc1cc(N2CCC(N3CCCC3C)C2)ccc1NC(=O)c1ccc(OC(F)F)cc1. The fraction of sp³-hybridized carbons (Fsp3) is 0.458. The normalized spacial score (nSPS) is 21.6. The van der Waals surface area contributed by atoms with E-state index in [0.717, 1.165) is 24.3 Å². The number of nitrogens with one attached hydrogen (secondary N) is 1. The van der Waals surface area contributed by atoms with E-state index in [0.29, 0.717) is 17.6 Å². The first kappa shape index (κ1) is 21.6. The monoisotopic (exact) mass is 429 g/mol. The maximum Gasteiger partial charge on any atom is 0.387 e. The van der Waals surface area contributed by atoms with Crippen LogP contribution in [-0.2, 0) is 0 Å². The second-order valence-electron chi connectivity index (χ2n) is 8.47. The highest BCUT2D eigenvalue weighted by atomic mass is 19.3. The Balaban J connectivity index is 1.38. The molecular formula is C24H29F2N3O2. The highest BCUT2D eigenvalue weighted by molar-refractivity contribution is 6.04. The van der Waals surface area contributed by atoms with Gasteiger partial charge in [0.2, 0.25) is 0 Å². The van der Waals surface area contributed by atoms with E-state index >= 15 is 0 Å². The molecule has 31 heavy (non-hydrogen) atoms. The van der Waals surface area contributed by atoms with E-state index in [-0.39, 0.29) is 11.7 Å². The molecule has 1 amide bonds. The van der Waals surface area contributed by atoms with Gasteiger partial charge in [0, 0.05) is 42.1 Å². The molecular weight excluding hydrogens is 400 g/mol. The maximum absolute atomic E-state index is 12.5. The number of carbonyl (C=O) groups is 1. The summed E-state index contributed by atoms with van der Waals surface area (Å²) in [5.74, 6) is -0.261. The summed E-state index contributed by atoms with van der Waals surface area (Å²) >= 11 is 0. The number of ether oxygens (including phenoxy) is 1. The van der Waals surface area contributed by atoms with Crippen molar-refractivity contribution in [3.63, 3.8) is 0 Å². The Kier molecular flexibility index (Phi) is 6.41. The highest BCUT2D eigenvalue weighted by Crippen LogP contribution is 2.30. The second kappa shape index (κ2) is 9.22. The zero-order valence-electron chi connectivity index (χ0n) is 18.0. The Morgan fingerprint density at radius 2 is 1.90 bits per heavy atom. The number of hydrogen-bond acceptors (Lipinski definition) is 4. The average Bonchev–Trinajstić information content (AvgIpc) is 3.38. The predicted molar refractivity (Wildman–Crippen MR) is 118 cm³/mol. The molecule has 0 saturated carbocycles. The lowest BCUT2D eigenvalue weighted by atomic mass is 10.1.